The maximum absolute atomic E-state index is 13.6. The lowest BCUT2D eigenvalue weighted by atomic mass is 10.1. The van der Waals surface area contributed by atoms with Crippen molar-refractivity contribution >= 4 is 33.4 Å². The fourth-order valence-corrected chi connectivity index (χ4v) is 3.59. The molecule has 0 bridgehead atoms. The molecule has 0 saturated heterocycles. The Hall–Kier alpha value is -3.46. The fraction of sp³-hybridized carbons (Fsp3) is 0.105. The number of aryl methyl sites for hydroxylation is 1. The highest BCUT2D eigenvalue weighted by atomic mass is 32.1. The third-order valence-electron chi connectivity index (χ3n) is 4.33. The van der Waals surface area contributed by atoms with Gasteiger partial charge in [0.1, 0.15) is 11.6 Å². The zero-order valence-corrected chi connectivity index (χ0v) is 15.8. The van der Waals surface area contributed by atoms with E-state index in [0.29, 0.717) is 38.7 Å². The SMILES string of the molecule is COc1ccc(F)cc1-c1csc(NC(=O)c2ccc3c(c2)[nH]c(=O)n3C)n1. The lowest BCUT2D eigenvalue weighted by Gasteiger charge is -2.06. The normalized spacial score (nSPS) is 11.0. The van der Waals surface area contributed by atoms with E-state index in [4.69, 9.17) is 4.74 Å². The number of carbonyl (C=O) groups is 1. The number of nitrogens with one attached hydrogen (secondary N) is 2. The number of aromatic nitrogens is 3. The van der Waals surface area contributed by atoms with E-state index in [9.17, 15) is 14.0 Å². The van der Waals surface area contributed by atoms with Crippen LogP contribution < -0.4 is 15.7 Å². The third-order valence-corrected chi connectivity index (χ3v) is 5.09. The summed E-state index contributed by atoms with van der Waals surface area (Å²) in [5, 5.41) is 4.80. The van der Waals surface area contributed by atoms with Gasteiger partial charge in [0.15, 0.2) is 5.13 Å². The van der Waals surface area contributed by atoms with Gasteiger partial charge in [0.2, 0.25) is 0 Å². The van der Waals surface area contributed by atoms with Gasteiger partial charge in [-0.15, -0.1) is 11.3 Å². The van der Waals surface area contributed by atoms with Crippen LogP contribution >= 0.6 is 11.3 Å². The number of aromatic amines is 1. The first-order chi connectivity index (χ1) is 13.5. The summed E-state index contributed by atoms with van der Waals surface area (Å²) >= 11 is 1.22. The van der Waals surface area contributed by atoms with Crippen LogP contribution in [0.5, 0.6) is 5.75 Å². The van der Waals surface area contributed by atoms with E-state index in [0.717, 1.165) is 0 Å². The first-order valence-electron chi connectivity index (χ1n) is 8.26. The highest BCUT2D eigenvalue weighted by Gasteiger charge is 2.14. The number of halogens is 1. The van der Waals surface area contributed by atoms with E-state index in [-0.39, 0.29) is 11.6 Å². The molecule has 2 heterocycles. The van der Waals surface area contributed by atoms with Gasteiger partial charge >= 0.3 is 5.69 Å². The lowest BCUT2D eigenvalue weighted by molar-refractivity contribution is 0.102. The van der Waals surface area contributed by atoms with Crippen LogP contribution in [0.25, 0.3) is 22.3 Å². The molecule has 0 aliphatic rings. The number of amides is 1. The minimum Gasteiger partial charge on any atom is -0.496 e. The molecule has 1 amide bonds. The molecular formula is C19H15FN4O3S. The Bertz CT molecular complexity index is 1260. The standard InChI is InChI=1S/C19H15FN4O3S/c1-24-15-5-3-10(7-13(15)22-19(24)26)17(25)23-18-21-14(9-28-18)12-8-11(20)4-6-16(12)27-2/h3-9H,1-2H3,(H,22,26)(H,21,23,25). The Balaban J connectivity index is 1.60. The smallest absolute Gasteiger partial charge is 0.326 e. The molecule has 0 radical (unpaired) electrons. The average molecular weight is 398 g/mol. The van der Waals surface area contributed by atoms with Gasteiger partial charge in [0.25, 0.3) is 5.91 Å². The van der Waals surface area contributed by atoms with Crippen molar-refractivity contribution in [2.24, 2.45) is 7.05 Å². The number of H-pyrrole nitrogens is 1. The van der Waals surface area contributed by atoms with Crippen molar-refractivity contribution in [3.63, 3.8) is 0 Å². The molecule has 0 saturated carbocycles. The number of carbonyl (C=O) groups excluding carboxylic acids is 1. The molecule has 9 heteroatoms. The molecule has 7 nitrogen and oxygen atoms in total. The Morgan fingerprint density at radius 3 is 2.89 bits per heavy atom. The van der Waals surface area contributed by atoms with Gasteiger partial charge in [-0.3, -0.25) is 14.7 Å². The molecule has 4 rings (SSSR count). The number of hydrogen-bond donors (Lipinski definition) is 2. The van der Waals surface area contributed by atoms with Gasteiger partial charge < -0.3 is 9.72 Å². The molecular weight excluding hydrogens is 383 g/mol. The Kier molecular flexibility index (Phi) is 4.44. The van der Waals surface area contributed by atoms with Crippen LogP contribution in [-0.4, -0.2) is 27.6 Å². The first kappa shape index (κ1) is 17.9. The number of imidazole rings is 1. The minimum atomic E-state index is -0.403. The highest BCUT2D eigenvalue weighted by Crippen LogP contribution is 2.33. The maximum Gasteiger partial charge on any atom is 0.326 e. The minimum absolute atomic E-state index is 0.249. The van der Waals surface area contributed by atoms with Crippen molar-refractivity contribution in [3.05, 3.63) is 63.6 Å². The van der Waals surface area contributed by atoms with Crippen LogP contribution in [0.15, 0.2) is 46.6 Å². The molecule has 2 aromatic heterocycles. The summed E-state index contributed by atoms with van der Waals surface area (Å²) in [5.74, 6) is -0.277. The molecule has 0 unspecified atom stereocenters. The second-order valence-corrected chi connectivity index (χ2v) is 6.92. The summed E-state index contributed by atoms with van der Waals surface area (Å²) < 4.78 is 20.3. The van der Waals surface area contributed by atoms with Crippen LogP contribution in [0.4, 0.5) is 9.52 Å². The largest absolute Gasteiger partial charge is 0.496 e. The number of nitrogens with zero attached hydrogens (tertiary/aromatic N) is 2. The second kappa shape index (κ2) is 6.93. The van der Waals surface area contributed by atoms with Crippen molar-refractivity contribution < 1.29 is 13.9 Å². The van der Waals surface area contributed by atoms with Crippen LogP contribution in [0.2, 0.25) is 0 Å². The molecule has 4 aromatic rings. The molecule has 0 aliphatic heterocycles. The van der Waals surface area contributed by atoms with Gasteiger partial charge in [0.05, 0.1) is 23.8 Å². The number of ether oxygens (including phenoxy) is 1. The number of hydrogen-bond acceptors (Lipinski definition) is 5. The lowest BCUT2D eigenvalue weighted by Crippen LogP contribution is -2.11. The Morgan fingerprint density at radius 1 is 1.29 bits per heavy atom. The highest BCUT2D eigenvalue weighted by molar-refractivity contribution is 7.14. The van der Waals surface area contributed by atoms with E-state index < -0.39 is 5.82 Å². The van der Waals surface area contributed by atoms with Gasteiger partial charge in [-0.1, -0.05) is 0 Å². The van der Waals surface area contributed by atoms with Gasteiger partial charge in [0, 0.05) is 23.6 Å². The summed E-state index contributed by atoms with van der Waals surface area (Å²) in [5.41, 5.74) is 2.42. The third kappa shape index (κ3) is 3.16. The molecule has 0 spiro atoms. The van der Waals surface area contributed by atoms with Gasteiger partial charge in [-0.25, -0.2) is 14.2 Å². The van der Waals surface area contributed by atoms with Crippen LogP contribution in [-0.2, 0) is 7.05 Å². The van der Waals surface area contributed by atoms with Crippen LogP contribution in [0.3, 0.4) is 0 Å². The summed E-state index contributed by atoms with van der Waals surface area (Å²) in [4.78, 5) is 31.3. The molecule has 28 heavy (non-hydrogen) atoms. The molecule has 0 atom stereocenters. The number of thiazole rings is 1. The zero-order valence-electron chi connectivity index (χ0n) is 14.9. The molecule has 2 aromatic carbocycles. The number of methoxy groups -OCH3 is 1. The van der Waals surface area contributed by atoms with E-state index in [2.05, 4.69) is 15.3 Å². The predicted octanol–water partition coefficient (Wildman–Crippen LogP) is 3.39. The number of benzene rings is 2. The van der Waals surface area contributed by atoms with E-state index in [1.807, 2.05) is 0 Å². The summed E-state index contributed by atoms with van der Waals surface area (Å²) in [6.07, 6.45) is 0. The number of fused-ring (bicyclic) bond motifs is 1. The summed E-state index contributed by atoms with van der Waals surface area (Å²) in [6.45, 7) is 0. The zero-order chi connectivity index (χ0) is 19.8. The molecule has 0 fully saturated rings. The van der Waals surface area contributed by atoms with Crippen molar-refractivity contribution in [2.45, 2.75) is 0 Å². The Morgan fingerprint density at radius 2 is 2.11 bits per heavy atom. The number of anilines is 1. The van der Waals surface area contributed by atoms with Crippen LogP contribution in [0, 0.1) is 5.82 Å². The van der Waals surface area contributed by atoms with E-state index in [1.54, 1.807) is 30.6 Å². The first-order valence-corrected chi connectivity index (χ1v) is 9.14. The van der Waals surface area contributed by atoms with Gasteiger partial charge in [-0.2, -0.15) is 0 Å². The Labute approximate surface area is 162 Å². The molecule has 0 aliphatic carbocycles. The average Bonchev–Trinajstić information content (AvgIpc) is 3.26. The van der Waals surface area contributed by atoms with Crippen molar-refractivity contribution in [3.8, 4) is 17.0 Å². The van der Waals surface area contributed by atoms with E-state index >= 15 is 0 Å². The summed E-state index contributed by atoms with van der Waals surface area (Å²) in [7, 11) is 3.15. The van der Waals surface area contributed by atoms with Crippen molar-refractivity contribution in [2.75, 3.05) is 12.4 Å². The maximum atomic E-state index is 13.6. The molecule has 2 N–H and O–H groups in total. The second-order valence-electron chi connectivity index (χ2n) is 6.06. The summed E-state index contributed by atoms with van der Waals surface area (Å²) in [6, 6.07) is 9.11. The fourth-order valence-electron chi connectivity index (χ4n) is 2.88. The predicted molar refractivity (Wildman–Crippen MR) is 106 cm³/mol. The monoisotopic (exact) mass is 398 g/mol. The molecule has 142 valence electrons. The van der Waals surface area contributed by atoms with Crippen LogP contribution in [0.1, 0.15) is 10.4 Å². The van der Waals surface area contributed by atoms with Crippen molar-refractivity contribution in [1.29, 1.82) is 0 Å². The quantitative estimate of drug-likeness (QED) is 0.552. The number of rotatable bonds is 4. The van der Waals surface area contributed by atoms with E-state index in [1.165, 1.54) is 41.2 Å². The van der Waals surface area contributed by atoms with Crippen molar-refractivity contribution in [1.82, 2.24) is 14.5 Å². The topological polar surface area (TPSA) is 89.0 Å². The van der Waals surface area contributed by atoms with Gasteiger partial charge in [-0.05, 0) is 36.4 Å².